The van der Waals surface area contributed by atoms with Gasteiger partial charge in [-0.05, 0) is 31.1 Å². The number of rotatable bonds is 1. The van der Waals surface area contributed by atoms with Gasteiger partial charge in [0, 0.05) is 5.57 Å². The van der Waals surface area contributed by atoms with E-state index in [2.05, 4.69) is 0 Å². The van der Waals surface area contributed by atoms with Crippen LogP contribution in [0.15, 0.2) is 48.1 Å². The van der Waals surface area contributed by atoms with Gasteiger partial charge in [-0.1, -0.05) is 48.1 Å². The molecule has 0 aromatic heterocycles. The summed E-state index contributed by atoms with van der Waals surface area (Å²) in [5.74, 6) is 0.0798. The van der Waals surface area contributed by atoms with E-state index in [9.17, 15) is 4.79 Å². The van der Waals surface area contributed by atoms with Crippen molar-refractivity contribution < 1.29 is 4.79 Å². The van der Waals surface area contributed by atoms with Crippen LogP contribution < -0.4 is 0 Å². The molecule has 0 aliphatic heterocycles. The first-order valence-corrected chi connectivity index (χ1v) is 5.35. The van der Waals surface area contributed by atoms with Crippen molar-refractivity contribution in [3.05, 3.63) is 59.2 Å². The molecule has 0 amide bonds. The van der Waals surface area contributed by atoms with Crippen molar-refractivity contribution >= 4 is 17.4 Å². The van der Waals surface area contributed by atoms with E-state index in [1.54, 1.807) is 6.08 Å². The average Bonchev–Trinajstić information content (AvgIpc) is 2.27. The highest BCUT2D eigenvalue weighted by Gasteiger charge is 2.15. The number of hydrogen-bond donors (Lipinski definition) is 0. The summed E-state index contributed by atoms with van der Waals surface area (Å²) in [6, 6.07) is 7.95. The van der Waals surface area contributed by atoms with Gasteiger partial charge in [-0.25, -0.2) is 0 Å². The largest absolute Gasteiger partial charge is 0.289 e. The minimum atomic E-state index is 0.0798. The van der Waals surface area contributed by atoms with E-state index in [1.807, 2.05) is 56.3 Å². The predicted molar refractivity (Wildman–Crippen MR) is 67.9 cm³/mol. The molecule has 1 aromatic rings. The molecule has 0 radical (unpaired) electrons. The van der Waals surface area contributed by atoms with Gasteiger partial charge in [0.25, 0.3) is 0 Å². The third-order valence-electron chi connectivity index (χ3n) is 2.51. The fourth-order valence-electron chi connectivity index (χ4n) is 1.70. The SMILES string of the molecule is CC(C)=CC=C1C(=O)C=Cc2ccccc21. The summed E-state index contributed by atoms with van der Waals surface area (Å²) in [6.45, 7) is 4.04. The molecule has 1 aromatic carbocycles. The van der Waals surface area contributed by atoms with Gasteiger partial charge in [0.2, 0.25) is 0 Å². The summed E-state index contributed by atoms with van der Waals surface area (Å²) in [7, 11) is 0. The zero-order chi connectivity index (χ0) is 11.5. The molecule has 16 heavy (non-hydrogen) atoms. The highest BCUT2D eigenvalue weighted by Crippen LogP contribution is 2.26. The fraction of sp³-hybridized carbons (Fsp3) is 0.133. The highest BCUT2D eigenvalue weighted by atomic mass is 16.1. The Kier molecular flexibility index (Phi) is 2.86. The molecular formula is C15H14O. The van der Waals surface area contributed by atoms with Gasteiger partial charge in [-0.2, -0.15) is 0 Å². The molecule has 0 atom stereocenters. The van der Waals surface area contributed by atoms with E-state index in [0.29, 0.717) is 0 Å². The van der Waals surface area contributed by atoms with Crippen LogP contribution in [0.5, 0.6) is 0 Å². The molecule has 0 saturated carbocycles. The summed E-state index contributed by atoms with van der Waals surface area (Å²) in [5.41, 5.74) is 4.09. The van der Waals surface area contributed by atoms with E-state index >= 15 is 0 Å². The second-order valence-corrected chi connectivity index (χ2v) is 4.11. The molecule has 0 saturated heterocycles. The maximum absolute atomic E-state index is 11.8. The molecule has 1 aliphatic carbocycles. The molecule has 0 N–H and O–H groups in total. The number of benzene rings is 1. The van der Waals surface area contributed by atoms with Crippen molar-refractivity contribution in [1.29, 1.82) is 0 Å². The highest BCUT2D eigenvalue weighted by molar-refractivity contribution is 6.30. The lowest BCUT2D eigenvalue weighted by Gasteiger charge is -2.12. The molecular weight excluding hydrogens is 196 g/mol. The smallest absolute Gasteiger partial charge is 0.186 e. The van der Waals surface area contributed by atoms with Crippen LogP contribution in [-0.2, 0) is 4.79 Å². The molecule has 0 unspecified atom stereocenters. The van der Waals surface area contributed by atoms with Gasteiger partial charge in [0.1, 0.15) is 0 Å². The summed E-state index contributed by atoms with van der Waals surface area (Å²) in [6.07, 6.45) is 7.38. The van der Waals surface area contributed by atoms with Crippen LogP contribution in [-0.4, -0.2) is 5.78 Å². The van der Waals surface area contributed by atoms with Crippen LogP contribution in [0.2, 0.25) is 0 Å². The number of hydrogen-bond acceptors (Lipinski definition) is 1. The third-order valence-corrected chi connectivity index (χ3v) is 2.51. The zero-order valence-corrected chi connectivity index (χ0v) is 9.53. The molecule has 80 valence electrons. The quantitative estimate of drug-likeness (QED) is 0.647. The number of allylic oxidation sites excluding steroid dienone is 5. The normalized spacial score (nSPS) is 16.1. The average molecular weight is 210 g/mol. The number of carbonyl (C=O) groups excluding carboxylic acids is 1. The lowest BCUT2D eigenvalue weighted by molar-refractivity contribution is -0.109. The Balaban J connectivity index is 2.54. The topological polar surface area (TPSA) is 17.1 Å². The maximum Gasteiger partial charge on any atom is 0.186 e. The van der Waals surface area contributed by atoms with Crippen LogP contribution in [0, 0.1) is 0 Å². The lowest BCUT2D eigenvalue weighted by Crippen LogP contribution is -2.04. The van der Waals surface area contributed by atoms with Gasteiger partial charge < -0.3 is 0 Å². The van der Waals surface area contributed by atoms with Gasteiger partial charge in [0.15, 0.2) is 5.78 Å². The van der Waals surface area contributed by atoms with E-state index in [-0.39, 0.29) is 5.78 Å². The van der Waals surface area contributed by atoms with E-state index in [1.165, 1.54) is 5.57 Å². The second kappa shape index (κ2) is 4.31. The molecule has 1 aliphatic rings. The Hall–Kier alpha value is -1.89. The van der Waals surface area contributed by atoms with Gasteiger partial charge in [-0.15, -0.1) is 0 Å². The Morgan fingerprint density at radius 2 is 1.88 bits per heavy atom. The van der Waals surface area contributed by atoms with Crippen molar-refractivity contribution in [2.24, 2.45) is 0 Å². The molecule has 0 heterocycles. The van der Waals surface area contributed by atoms with E-state index < -0.39 is 0 Å². The summed E-state index contributed by atoms with van der Waals surface area (Å²) < 4.78 is 0. The molecule has 0 bridgehead atoms. The summed E-state index contributed by atoms with van der Waals surface area (Å²) in [5, 5.41) is 0. The van der Waals surface area contributed by atoms with E-state index in [4.69, 9.17) is 0 Å². The van der Waals surface area contributed by atoms with Crippen molar-refractivity contribution in [1.82, 2.24) is 0 Å². The van der Waals surface area contributed by atoms with Crippen molar-refractivity contribution in [2.75, 3.05) is 0 Å². The summed E-state index contributed by atoms with van der Waals surface area (Å²) >= 11 is 0. The number of carbonyl (C=O) groups is 1. The Bertz CT molecular complexity index is 512. The van der Waals surface area contributed by atoms with Crippen molar-refractivity contribution in [3.8, 4) is 0 Å². The number of ketones is 1. The molecule has 1 nitrogen and oxygen atoms in total. The van der Waals surface area contributed by atoms with Crippen LogP contribution >= 0.6 is 0 Å². The first-order valence-electron chi connectivity index (χ1n) is 5.35. The first-order chi connectivity index (χ1) is 7.68. The standard InChI is InChI=1S/C15H14O/c1-11(2)7-9-14-13-6-4-3-5-12(13)8-10-15(14)16/h3-10H,1-2H3. The van der Waals surface area contributed by atoms with Crippen LogP contribution in [0.25, 0.3) is 11.6 Å². The molecule has 1 heteroatoms. The second-order valence-electron chi connectivity index (χ2n) is 4.11. The van der Waals surface area contributed by atoms with Gasteiger partial charge in [0.05, 0.1) is 0 Å². The predicted octanol–water partition coefficient (Wildman–Crippen LogP) is 3.63. The van der Waals surface area contributed by atoms with Gasteiger partial charge >= 0.3 is 0 Å². The molecule has 0 spiro atoms. The third kappa shape index (κ3) is 2.03. The Morgan fingerprint density at radius 1 is 1.12 bits per heavy atom. The van der Waals surface area contributed by atoms with Crippen LogP contribution in [0.1, 0.15) is 25.0 Å². The number of fused-ring (bicyclic) bond motifs is 1. The van der Waals surface area contributed by atoms with Gasteiger partial charge in [-0.3, -0.25) is 4.79 Å². The molecule has 2 rings (SSSR count). The van der Waals surface area contributed by atoms with Crippen molar-refractivity contribution in [2.45, 2.75) is 13.8 Å². The molecule has 0 fully saturated rings. The van der Waals surface area contributed by atoms with Crippen LogP contribution in [0.4, 0.5) is 0 Å². The minimum absolute atomic E-state index is 0.0798. The first kappa shape index (κ1) is 10.6. The zero-order valence-electron chi connectivity index (χ0n) is 9.53. The lowest BCUT2D eigenvalue weighted by atomic mass is 9.91. The minimum Gasteiger partial charge on any atom is -0.289 e. The van der Waals surface area contributed by atoms with Crippen molar-refractivity contribution in [3.63, 3.8) is 0 Å². The van der Waals surface area contributed by atoms with Crippen LogP contribution in [0.3, 0.4) is 0 Å². The maximum atomic E-state index is 11.8. The Morgan fingerprint density at radius 3 is 2.62 bits per heavy atom. The Labute approximate surface area is 95.8 Å². The summed E-state index contributed by atoms with van der Waals surface area (Å²) in [4.78, 5) is 11.8. The fourth-order valence-corrected chi connectivity index (χ4v) is 1.70. The monoisotopic (exact) mass is 210 g/mol. The van der Waals surface area contributed by atoms with E-state index in [0.717, 1.165) is 16.7 Å².